The van der Waals surface area contributed by atoms with Crippen LogP contribution >= 0.6 is 0 Å². The lowest BCUT2D eigenvalue weighted by atomic mass is 9.96. The molecule has 36 heavy (non-hydrogen) atoms. The second kappa shape index (κ2) is 10.9. The Morgan fingerprint density at radius 3 is 2.47 bits per heavy atom. The van der Waals surface area contributed by atoms with Crippen molar-refractivity contribution in [3.05, 3.63) is 114 Å². The molecular formula is C32H32N4. The molecule has 1 aliphatic heterocycles. The van der Waals surface area contributed by atoms with Crippen LogP contribution in [-0.4, -0.2) is 16.9 Å². The Balaban J connectivity index is 0.00000148. The highest BCUT2D eigenvalue weighted by molar-refractivity contribution is 5.75. The molecule has 1 aliphatic rings. The first-order chi connectivity index (χ1) is 17.5. The Kier molecular flexibility index (Phi) is 7.53. The molecule has 3 aromatic carbocycles. The van der Waals surface area contributed by atoms with E-state index < -0.39 is 0 Å². The van der Waals surface area contributed by atoms with Crippen molar-refractivity contribution >= 4 is 11.4 Å². The fourth-order valence-corrected chi connectivity index (χ4v) is 4.74. The summed E-state index contributed by atoms with van der Waals surface area (Å²) in [5.41, 5.74) is 18.5. The van der Waals surface area contributed by atoms with E-state index in [-0.39, 0.29) is 0 Å². The van der Waals surface area contributed by atoms with E-state index in [4.69, 9.17) is 5.73 Å². The molecule has 4 aromatic rings. The standard InChI is InChI=1S/C30H30N4.C2H2/c1-20-12-26-15-24(10-11-29(26)31)27-14-23(16-32-17-27)19-34(3)18-22-6-4-7-25(13-22)28-8-5-9-30(33-20)21(28)2;1-2/h4-11,13-17,33H,1,12,18-19,31H2,2-3H3;1-2H. The van der Waals surface area contributed by atoms with Gasteiger partial charge in [-0.25, -0.2) is 0 Å². The number of nitrogens with two attached hydrogens (primary N) is 1. The molecule has 1 aromatic heterocycles. The quantitative estimate of drug-likeness (QED) is 0.222. The lowest BCUT2D eigenvalue weighted by Gasteiger charge is -2.19. The van der Waals surface area contributed by atoms with E-state index in [9.17, 15) is 0 Å². The number of hydrogen-bond donors (Lipinski definition) is 2. The zero-order chi connectivity index (χ0) is 25.7. The normalized spacial score (nSPS) is 13.4. The number of nitrogen functional groups attached to an aromatic ring is 1. The fraction of sp³-hybridized carbons (Fsp3) is 0.156. The van der Waals surface area contributed by atoms with Crippen molar-refractivity contribution in [2.75, 3.05) is 18.1 Å². The van der Waals surface area contributed by atoms with Crippen LogP contribution in [0.1, 0.15) is 22.3 Å². The molecule has 180 valence electrons. The summed E-state index contributed by atoms with van der Waals surface area (Å²) in [7, 11) is 2.15. The first-order valence-electron chi connectivity index (χ1n) is 11.9. The molecule has 8 bridgehead atoms. The van der Waals surface area contributed by atoms with Gasteiger partial charge in [-0.2, -0.15) is 0 Å². The first kappa shape index (κ1) is 24.8. The number of benzene rings is 3. The summed E-state index contributed by atoms with van der Waals surface area (Å²) in [6.45, 7) is 8.15. The summed E-state index contributed by atoms with van der Waals surface area (Å²) in [6, 6.07) is 23.6. The minimum Gasteiger partial charge on any atom is -0.398 e. The van der Waals surface area contributed by atoms with Crippen LogP contribution in [0.4, 0.5) is 11.4 Å². The molecule has 0 amide bonds. The number of hydrogen-bond acceptors (Lipinski definition) is 4. The van der Waals surface area contributed by atoms with E-state index in [0.29, 0.717) is 6.42 Å². The molecule has 0 spiro atoms. The second-order valence-corrected chi connectivity index (χ2v) is 9.25. The van der Waals surface area contributed by atoms with Crippen molar-refractivity contribution in [3.63, 3.8) is 0 Å². The fourth-order valence-electron chi connectivity index (χ4n) is 4.74. The van der Waals surface area contributed by atoms with Crippen LogP contribution in [-0.2, 0) is 19.5 Å². The van der Waals surface area contributed by atoms with E-state index in [1.165, 1.54) is 27.8 Å². The van der Waals surface area contributed by atoms with Gasteiger partial charge in [-0.3, -0.25) is 9.88 Å². The van der Waals surface area contributed by atoms with Gasteiger partial charge >= 0.3 is 0 Å². The Morgan fingerprint density at radius 1 is 0.889 bits per heavy atom. The smallest absolute Gasteiger partial charge is 0.0417 e. The largest absolute Gasteiger partial charge is 0.398 e. The van der Waals surface area contributed by atoms with Crippen LogP contribution in [0.25, 0.3) is 22.3 Å². The molecule has 0 radical (unpaired) electrons. The zero-order valence-electron chi connectivity index (χ0n) is 21.0. The number of aromatic nitrogens is 1. The molecule has 4 nitrogen and oxygen atoms in total. The molecule has 0 aliphatic carbocycles. The predicted molar refractivity (Wildman–Crippen MR) is 152 cm³/mol. The third kappa shape index (κ3) is 5.49. The number of rotatable bonds is 0. The lowest BCUT2D eigenvalue weighted by molar-refractivity contribution is 0.319. The number of terminal acetylenes is 1. The molecule has 3 N–H and O–H groups in total. The van der Waals surface area contributed by atoms with Gasteiger partial charge in [-0.05, 0) is 83.2 Å². The van der Waals surface area contributed by atoms with E-state index in [1.54, 1.807) is 0 Å². The van der Waals surface area contributed by atoms with Crippen LogP contribution < -0.4 is 11.1 Å². The lowest BCUT2D eigenvalue weighted by Crippen LogP contribution is -2.17. The van der Waals surface area contributed by atoms with E-state index >= 15 is 0 Å². The van der Waals surface area contributed by atoms with Crippen molar-refractivity contribution in [3.8, 4) is 35.1 Å². The van der Waals surface area contributed by atoms with Crippen LogP contribution in [0, 0.1) is 19.8 Å². The van der Waals surface area contributed by atoms with Crippen molar-refractivity contribution in [1.29, 1.82) is 0 Å². The molecule has 5 rings (SSSR count). The molecule has 2 heterocycles. The molecule has 0 unspecified atom stereocenters. The van der Waals surface area contributed by atoms with Gasteiger partial charge in [0.25, 0.3) is 0 Å². The molecule has 0 saturated carbocycles. The molecule has 0 saturated heterocycles. The van der Waals surface area contributed by atoms with Gasteiger partial charge in [0.15, 0.2) is 0 Å². The van der Waals surface area contributed by atoms with Crippen molar-refractivity contribution < 1.29 is 0 Å². The minimum absolute atomic E-state index is 0.648. The molecule has 0 fully saturated rings. The Bertz CT molecular complexity index is 1410. The summed E-state index contributed by atoms with van der Waals surface area (Å²) in [5.74, 6) is 0. The highest BCUT2D eigenvalue weighted by atomic mass is 15.1. The van der Waals surface area contributed by atoms with E-state index in [0.717, 1.165) is 46.9 Å². The van der Waals surface area contributed by atoms with Crippen molar-refractivity contribution in [2.45, 2.75) is 26.4 Å². The van der Waals surface area contributed by atoms with Gasteiger partial charge in [-0.15, -0.1) is 12.8 Å². The third-order valence-electron chi connectivity index (χ3n) is 6.46. The van der Waals surface area contributed by atoms with Crippen LogP contribution in [0.15, 0.2) is 91.4 Å². The van der Waals surface area contributed by atoms with Gasteiger partial charge < -0.3 is 11.1 Å². The van der Waals surface area contributed by atoms with Gasteiger partial charge in [0.2, 0.25) is 0 Å². The Morgan fingerprint density at radius 2 is 1.64 bits per heavy atom. The average Bonchev–Trinajstić information content (AvgIpc) is 2.87. The molecule has 0 atom stereocenters. The number of allylic oxidation sites excluding steroid dienone is 1. The van der Waals surface area contributed by atoms with E-state index in [1.807, 2.05) is 18.5 Å². The monoisotopic (exact) mass is 472 g/mol. The van der Waals surface area contributed by atoms with Crippen LogP contribution in [0.5, 0.6) is 0 Å². The first-order valence-corrected chi connectivity index (χ1v) is 11.9. The number of pyridine rings is 1. The summed E-state index contributed by atoms with van der Waals surface area (Å²) in [4.78, 5) is 6.85. The highest BCUT2D eigenvalue weighted by Gasteiger charge is 2.12. The van der Waals surface area contributed by atoms with Crippen molar-refractivity contribution in [2.24, 2.45) is 0 Å². The predicted octanol–water partition coefficient (Wildman–Crippen LogP) is 6.67. The van der Waals surface area contributed by atoms with Gasteiger partial charge in [-0.1, -0.05) is 43.0 Å². The summed E-state index contributed by atoms with van der Waals surface area (Å²) >= 11 is 0. The summed E-state index contributed by atoms with van der Waals surface area (Å²) in [6.07, 6.45) is 12.5. The Hall–Kier alpha value is -4.33. The topological polar surface area (TPSA) is 54.2 Å². The van der Waals surface area contributed by atoms with Crippen LogP contribution in [0.2, 0.25) is 0 Å². The maximum Gasteiger partial charge on any atom is 0.0417 e. The van der Waals surface area contributed by atoms with Crippen LogP contribution in [0.3, 0.4) is 0 Å². The minimum atomic E-state index is 0.648. The average molecular weight is 473 g/mol. The number of anilines is 2. The number of fused-ring (bicyclic) bond motifs is 10. The van der Waals surface area contributed by atoms with E-state index in [2.05, 4.69) is 109 Å². The summed E-state index contributed by atoms with van der Waals surface area (Å²) in [5, 5.41) is 3.54. The van der Waals surface area contributed by atoms with Gasteiger partial charge in [0.1, 0.15) is 0 Å². The second-order valence-electron chi connectivity index (χ2n) is 9.25. The zero-order valence-corrected chi connectivity index (χ0v) is 21.0. The molecular weight excluding hydrogens is 440 g/mol. The highest BCUT2D eigenvalue weighted by Crippen LogP contribution is 2.31. The molecule has 4 heteroatoms. The maximum atomic E-state index is 6.35. The summed E-state index contributed by atoms with van der Waals surface area (Å²) < 4.78 is 0. The number of nitrogens with one attached hydrogen (secondary N) is 1. The van der Waals surface area contributed by atoms with Crippen molar-refractivity contribution in [1.82, 2.24) is 9.88 Å². The van der Waals surface area contributed by atoms with Gasteiger partial charge in [0, 0.05) is 54.5 Å². The maximum absolute atomic E-state index is 6.35. The third-order valence-corrected chi connectivity index (χ3v) is 6.46. The number of nitrogens with zero attached hydrogens (tertiary/aromatic N) is 2. The van der Waals surface area contributed by atoms with Gasteiger partial charge in [0.05, 0.1) is 0 Å². The SMILES string of the molecule is C#C.C=C1Cc2cc(ccc2N)-c2cncc(c2)CN(C)Cc2cccc(c2)-c2cccc(c2C)N1. The Labute approximate surface area is 214 Å².